The van der Waals surface area contributed by atoms with Crippen LogP contribution in [0.5, 0.6) is 0 Å². The fourth-order valence-electron chi connectivity index (χ4n) is 2.93. The topological polar surface area (TPSA) is 25.2 Å². The SMILES string of the molecule is Cc1cc2c(n1CCCF)CC(C)(C)CC2O. The van der Waals surface area contributed by atoms with Gasteiger partial charge in [0.25, 0.3) is 0 Å². The van der Waals surface area contributed by atoms with Crippen LogP contribution in [0.4, 0.5) is 4.39 Å². The van der Waals surface area contributed by atoms with Crippen LogP contribution in [-0.4, -0.2) is 16.3 Å². The van der Waals surface area contributed by atoms with E-state index in [0.717, 1.165) is 30.6 Å². The Bertz CT molecular complexity index is 409. The Labute approximate surface area is 102 Å². The molecule has 2 nitrogen and oxygen atoms in total. The zero-order valence-corrected chi connectivity index (χ0v) is 11.0. The van der Waals surface area contributed by atoms with Crippen molar-refractivity contribution in [1.29, 1.82) is 0 Å². The molecule has 17 heavy (non-hydrogen) atoms. The van der Waals surface area contributed by atoms with Gasteiger partial charge in [0.15, 0.2) is 0 Å². The average molecular weight is 239 g/mol. The molecule has 3 heteroatoms. The van der Waals surface area contributed by atoms with Gasteiger partial charge in [0.05, 0.1) is 12.8 Å². The lowest BCUT2D eigenvalue weighted by Gasteiger charge is -2.34. The molecule has 0 radical (unpaired) electrons. The molecule has 0 saturated carbocycles. The van der Waals surface area contributed by atoms with E-state index in [1.807, 2.05) is 6.92 Å². The van der Waals surface area contributed by atoms with Crippen LogP contribution in [0.2, 0.25) is 0 Å². The first kappa shape index (κ1) is 12.6. The molecule has 0 aromatic carbocycles. The Morgan fingerprint density at radius 3 is 2.88 bits per heavy atom. The summed E-state index contributed by atoms with van der Waals surface area (Å²) in [5.41, 5.74) is 3.53. The summed E-state index contributed by atoms with van der Waals surface area (Å²) in [5.74, 6) is 0. The van der Waals surface area contributed by atoms with Crippen molar-refractivity contribution in [2.24, 2.45) is 5.41 Å². The van der Waals surface area contributed by atoms with Crippen molar-refractivity contribution in [3.8, 4) is 0 Å². The van der Waals surface area contributed by atoms with E-state index in [9.17, 15) is 9.50 Å². The van der Waals surface area contributed by atoms with E-state index in [2.05, 4.69) is 24.5 Å². The summed E-state index contributed by atoms with van der Waals surface area (Å²) < 4.78 is 14.5. The molecular weight excluding hydrogens is 217 g/mol. The van der Waals surface area contributed by atoms with Crippen LogP contribution in [0.25, 0.3) is 0 Å². The molecule has 1 unspecified atom stereocenters. The van der Waals surface area contributed by atoms with Crippen LogP contribution >= 0.6 is 0 Å². The lowest BCUT2D eigenvalue weighted by atomic mass is 9.75. The number of halogens is 1. The third-order valence-electron chi connectivity index (χ3n) is 3.72. The van der Waals surface area contributed by atoms with Crippen LogP contribution in [0.1, 0.15) is 49.7 Å². The number of alkyl halides is 1. The summed E-state index contributed by atoms with van der Waals surface area (Å²) in [6, 6.07) is 2.06. The van der Waals surface area contributed by atoms with Crippen molar-refractivity contribution in [3.63, 3.8) is 0 Å². The van der Waals surface area contributed by atoms with E-state index >= 15 is 0 Å². The molecule has 96 valence electrons. The van der Waals surface area contributed by atoms with E-state index in [-0.39, 0.29) is 18.2 Å². The number of hydrogen-bond donors (Lipinski definition) is 1. The number of hydrogen-bond acceptors (Lipinski definition) is 1. The van der Waals surface area contributed by atoms with Gasteiger partial charge >= 0.3 is 0 Å². The highest BCUT2D eigenvalue weighted by Gasteiger charge is 2.33. The molecule has 1 aliphatic carbocycles. The van der Waals surface area contributed by atoms with Crippen LogP contribution in [0.15, 0.2) is 6.07 Å². The smallest absolute Gasteiger partial charge is 0.0911 e. The summed E-state index contributed by atoms with van der Waals surface area (Å²) in [7, 11) is 0. The minimum absolute atomic E-state index is 0.130. The molecule has 1 atom stereocenters. The summed E-state index contributed by atoms with van der Waals surface area (Å²) in [4.78, 5) is 0. The van der Waals surface area contributed by atoms with Crippen LogP contribution in [-0.2, 0) is 13.0 Å². The van der Waals surface area contributed by atoms with E-state index in [0.29, 0.717) is 6.42 Å². The van der Waals surface area contributed by atoms with Gasteiger partial charge in [0, 0.05) is 23.5 Å². The normalized spacial score (nSPS) is 22.5. The Morgan fingerprint density at radius 1 is 1.53 bits per heavy atom. The Balaban J connectivity index is 2.36. The molecule has 0 saturated heterocycles. The Kier molecular flexibility index (Phi) is 3.30. The lowest BCUT2D eigenvalue weighted by molar-refractivity contribution is 0.0979. The zero-order valence-electron chi connectivity index (χ0n) is 11.0. The van der Waals surface area contributed by atoms with Gasteiger partial charge in [-0.1, -0.05) is 13.8 Å². The first-order valence-corrected chi connectivity index (χ1v) is 6.37. The molecule has 0 amide bonds. The molecular formula is C14H22FNO. The molecule has 1 heterocycles. The molecule has 2 rings (SSSR count). The molecule has 1 aromatic rings. The second-order valence-corrected chi connectivity index (χ2v) is 5.94. The van der Waals surface area contributed by atoms with Gasteiger partial charge in [-0.05, 0) is 37.7 Å². The second kappa shape index (κ2) is 4.45. The van der Waals surface area contributed by atoms with Crippen molar-refractivity contribution >= 4 is 0 Å². The molecule has 0 aliphatic heterocycles. The van der Waals surface area contributed by atoms with Crippen molar-refractivity contribution in [1.82, 2.24) is 4.57 Å². The molecule has 1 aliphatic rings. The fraction of sp³-hybridized carbons (Fsp3) is 0.714. The van der Waals surface area contributed by atoms with Gasteiger partial charge in [-0.2, -0.15) is 0 Å². The van der Waals surface area contributed by atoms with Crippen molar-refractivity contribution in [3.05, 3.63) is 23.0 Å². The lowest BCUT2D eigenvalue weighted by Crippen LogP contribution is -2.27. The van der Waals surface area contributed by atoms with Gasteiger partial charge in [-0.3, -0.25) is 4.39 Å². The number of fused-ring (bicyclic) bond motifs is 1. The highest BCUT2D eigenvalue weighted by molar-refractivity contribution is 5.33. The summed E-state index contributed by atoms with van der Waals surface area (Å²) in [5, 5.41) is 10.2. The Morgan fingerprint density at radius 2 is 2.24 bits per heavy atom. The molecule has 0 spiro atoms. The first-order valence-electron chi connectivity index (χ1n) is 6.37. The largest absolute Gasteiger partial charge is 0.388 e. The molecule has 1 aromatic heterocycles. The van der Waals surface area contributed by atoms with Crippen molar-refractivity contribution in [2.75, 3.05) is 6.67 Å². The quantitative estimate of drug-likeness (QED) is 0.861. The zero-order chi connectivity index (χ0) is 12.6. The van der Waals surface area contributed by atoms with Gasteiger partial charge in [-0.15, -0.1) is 0 Å². The number of rotatable bonds is 3. The van der Waals surface area contributed by atoms with Crippen LogP contribution < -0.4 is 0 Å². The Hall–Kier alpha value is -0.830. The predicted octanol–water partition coefficient (Wildman–Crippen LogP) is 3.16. The monoisotopic (exact) mass is 239 g/mol. The number of aliphatic hydroxyl groups excluding tert-OH is 1. The second-order valence-electron chi connectivity index (χ2n) is 5.94. The predicted molar refractivity (Wildman–Crippen MR) is 66.8 cm³/mol. The standard InChI is InChI=1S/C14H22FNO/c1-10-7-11-12(16(10)6-4-5-15)8-14(2,3)9-13(11)17/h7,13,17H,4-6,8-9H2,1-3H3. The third kappa shape index (κ3) is 2.39. The van der Waals surface area contributed by atoms with Gasteiger partial charge in [0.2, 0.25) is 0 Å². The van der Waals surface area contributed by atoms with E-state index < -0.39 is 0 Å². The number of aryl methyl sites for hydroxylation is 1. The minimum atomic E-state index is -0.362. The maximum Gasteiger partial charge on any atom is 0.0911 e. The number of aliphatic hydroxyl groups is 1. The molecule has 1 N–H and O–H groups in total. The summed E-state index contributed by atoms with van der Waals surface area (Å²) in [6.45, 7) is 6.84. The van der Waals surface area contributed by atoms with Crippen molar-refractivity contribution < 1.29 is 9.50 Å². The van der Waals surface area contributed by atoms with Crippen LogP contribution in [0.3, 0.4) is 0 Å². The van der Waals surface area contributed by atoms with E-state index in [4.69, 9.17) is 0 Å². The molecule has 0 fully saturated rings. The van der Waals surface area contributed by atoms with Crippen molar-refractivity contribution in [2.45, 2.75) is 52.7 Å². The number of aromatic nitrogens is 1. The first-order chi connectivity index (χ1) is 7.94. The summed E-state index contributed by atoms with van der Waals surface area (Å²) in [6.07, 6.45) is 1.98. The van der Waals surface area contributed by atoms with E-state index in [1.54, 1.807) is 0 Å². The maximum atomic E-state index is 12.3. The highest BCUT2D eigenvalue weighted by atomic mass is 19.1. The third-order valence-corrected chi connectivity index (χ3v) is 3.72. The van der Waals surface area contributed by atoms with Gasteiger partial charge in [0.1, 0.15) is 0 Å². The average Bonchev–Trinajstić information content (AvgIpc) is 2.51. The van der Waals surface area contributed by atoms with Crippen LogP contribution in [0, 0.1) is 12.3 Å². The summed E-state index contributed by atoms with van der Waals surface area (Å²) >= 11 is 0. The number of nitrogens with zero attached hydrogens (tertiary/aromatic N) is 1. The minimum Gasteiger partial charge on any atom is -0.388 e. The highest BCUT2D eigenvalue weighted by Crippen LogP contribution is 2.41. The maximum absolute atomic E-state index is 12.3. The molecule has 0 bridgehead atoms. The van der Waals surface area contributed by atoms with Gasteiger partial charge < -0.3 is 9.67 Å². The van der Waals surface area contributed by atoms with Gasteiger partial charge in [-0.25, -0.2) is 0 Å². The fourth-order valence-corrected chi connectivity index (χ4v) is 2.93. The van der Waals surface area contributed by atoms with E-state index in [1.165, 1.54) is 5.69 Å².